The van der Waals surface area contributed by atoms with Gasteiger partial charge >= 0.3 is 0 Å². The Morgan fingerprint density at radius 1 is 1.17 bits per heavy atom. The van der Waals surface area contributed by atoms with Gasteiger partial charge in [0.25, 0.3) is 5.91 Å². The van der Waals surface area contributed by atoms with E-state index in [0.29, 0.717) is 22.5 Å². The van der Waals surface area contributed by atoms with Gasteiger partial charge in [0.2, 0.25) is 11.7 Å². The Labute approximate surface area is 175 Å². The summed E-state index contributed by atoms with van der Waals surface area (Å²) in [5.74, 6) is 1.25. The summed E-state index contributed by atoms with van der Waals surface area (Å²) in [5, 5.41) is 4.60. The Kier molecular flexibility index (Phi) is 6.54. The molecule has 3 aromatic rings. The van der Waals surface area contributed by atoms with Gasteiger partial charge in [0.05, 0.1) is 0 Å². The summed E-state index contributed by atoms with van der Waals surface area (Å²) >= 11 is 5.99. The molecule has 0 radical (unpaired) electrons. The van der Waals surface area contributed by atoms with Crippen LogP contribution in [0.25, 0.3) is 11.4 Å². The molecule has 0 saturated carbocycles. The Balaban J connectivity index is 1.72. The predicted octanol–water partition coefficient (Wildman–Crippen LogP) is 4.90. The Morgan fingerprint density at radius 2 is 1.93 bits per heavy atom. The van der Waals surface area contributed by atoms with E-state index in [1.165, 1.54) is 0 Å². The molecule has 2 aromatic carbocycles. The van der Waals surface area contributed by atoms with Crippen LogP contribution in [0.2, 0.25) is 5.02 Å². The lowest BCUT2D eigenvalue weighted by molar-refractivity contribution is -0.140. The molecule has 3 rings (SSSR count). The minimum absolute atomic E-state index is 0.0674. The summed E-state index contributed by atoms with van der Waals surface area (Å²) in [5.41, 5.74) is 1.99. The summed E-state index contributed by atoms with van der Waals surface area (Å²) in [6, 6.07) is 14.8. The second-order valence-corrected chi connectivity index (χ2v) is 7.59. The molecular weight excluding hydrogens is 390 g/mol. The fraction of sp³-hybridized carbons (Fsp3) is 0.318. The van der Waals surface area contributed by atoms with Crippen LogP contribution in [0.1, 0.15) is 32.2 Å². The molecule has 1 aromatic heterocycles. The molecule has 0 aliphatic rings. The first-order chi connectivity index (χ1) is 13.8. The molecule has 0 aliphatic heterocycles. The van der Waals surface area contributed by atoms with Gasteiger partial charge in [-0.1, -0.05) is 46.6 Å². The fourth-order valence-corrected chi connectivity index (χ4v) is 3.09. The SMILES string of the molecule is Cc1cccc(-c2noc(CN(C(=O)C(C)Oc3cccc(Cl)c3)C(C)C)n2)c1. The molecule has 0 spiro atoms. The number of halogens is 1. The topological polar surface area (TPSA) is 68.5 Å². The van der Waals surface area contributed by atoms with E-state index < -0.39 is 6.10 Å². The molecule has 6 nitrogen and oxygen atoms in total. The van der Waals surface area contributed by atoms with Crippen molar-refractivity contribution in [1.82, 2.24) is 15.0 Å². The normalized spacial score (nSPS) is 12.1. The number of amides is 1. The second-order valence-electron chi connectivity index (χ2n) is 7.16. The maximum atomic E-state index is 13.0. The van der Waals surface area contributed by atoms with E-state index in [2.05, 4.69) is 10.1 Å². The fourth-order valence-electron chi connectivity index (χ4n) is 2.91. The van der Waals surface area contributed by atoms with E-state index in [-0.39, 0.29) is 18.5 Å². The lowest BCUT2D eigenvalue weighted by Crippen LogP contribution is -2.43. The van der Waals surface area contributed by atoms with Crippen LogP contribution in [-0.2, 0) is 11.3 Å². The Hall–Kier alpha value is -2.86. The van der Waals surface area contributed by atoms with Crippen molar-refractivity contribution >= 4 is 17.5 Å². The van der Waals surface area contributed by atoms with Crippen molar-refractivity contribution in [3.8, 4) is 17.1 Å². The van der Waals surface area contributed by atoms with Crippen LogP contribution in [0.4, 0.5) is 0 Å². The minimum atomic E-state index is -0.685. The van der Waals surface area contributed by atoms with Crippen molar-refractivity contribution in [2.45, 2.75) is 46.4 Å². The second kappa shape index (κ2) is 9.09. The van der Waals surface area contributed by atoms with Gasteiger partial charge in [-0.05, 0) is 52.0 Å². The number of rotatable bonds is 7. The van der Waals surface area contributed by atoms with Gasteiger partial charge in [-0.2, -0.15) is 4.98 Å². The van der Waals surface area contributed by atoms with Crippen LogP contribution in [0.3, 0.4) is 0 Å². The van der Waals surface area contributed by atoms with Crippen LogP contribution < -0.4 is 4.74 Å². The number of aromatic nitrogens is 2. The predicted molar refractivity (Wildman–Crippen MR) is 112 cm³/mol. The third kappa shape index (κ3) is 5.35. The molecule has 0 saturated heterocycles. The average Bonchev–Trinajstić information content (AvgIpc) is 3.14. The third-order valence-corrected chi connectivity index (χ3v) is 4.65. The highest BCUT2D eigenvalue weighted by molar-refractivity contribution is 6.30. The molecule has 7 heteroatoms. The zero-order valence-corrected chi connectivity index (χ0v) is 17.7. The highest BCUT2D eigenvalue weighted by Gasteiger charge is 2.26. The van der Waals surface area contributed by atoms with Gasteiger partial charge in [-0.3, -0.25) is 4.79 Å². The van der Waals surface area contributed by atoms with Crippen molar-refractivity contribution in [1.29, 1.82) is 0 Å². The molecule has 0 N–H and O–H groups in total. The Bertz CT molecular complexity index is 987. The van der Waals surface area contributed by atoms with Crippen molar-refractivity contribution in [3.05, 3.63) is 65.0 Å². The largest absolute Gasteiger partial charge is 0.481 e. The van der Waals surface area contributed by atoms with E-state index in [1.807, 2.05) is 45.0 Å². The molecule has 1 heterocycles. The summed E-state index contributed by atoms with van der Waals surface area (Å²) in [4.78, 5) is 19.1. The van der Waals surface area contributed by atoms with Gasteiger partial charge in [0.15, 0.2) is 6.10 Å². The van der Waals surface area contributed by atoms with E-state index in [1.54, 1.807) is 36.1 Å². The Morgan fingerprint density at radius 3 is 2.62 bits per heavy atom. The summed E-state index contributed by atoms with van der Waals surface area (Å²) in [6.45, 7) is 7.79. The standard InChI is InChI=1S/C22H24ClN3O3/c1-14(2)26(22(27)16(4)28-19-10-6-9-18(23)12-19)13-20-24-21(25-29-20)17-8-5-7-15(3)11-17/h5-12,14,16H,13H2,1-4H3. The molecule has 152 valence electrons. The maximum absolute atomic E-state index is 13.0. The number of aryl methyl sites for hydroxylation is 1. The molecule has 0 bridgehead atoms. The van der Waals surface area contributed by atoms with Gasteiger partial charge in [0, 0.05) is 16.6 Å². The first kappa shape index (κ1) is 20.9. The van der Waals surface area contributed by atoms with E-state index in [9.17, 15) is 4.79 Å². The van der Waals surface area contributed by atoms with Gasteiger partial charge < -0.3 is 14.2 Å². The van der Waals surface area contributed by atoms with E-state index >= 15 is 0 Å². The minimum Gasteiger partial charge on any atom is -0.481 e. The molecular formula is C22H24ClN3O3. The highest BCUT2D eigenvalue weighted by atomic mass is 35.5. The average molecular weight is 414 g/mol. The lowest BCUT2D eigenvalue weighted by atomic mass is 10.1. The number of carbonyl (C=O) groups is 1. The number of hydrogen-bond acceptors (Lipinski definition) is 5. The van der Waals surface area contributed by atoms with Crippen molar-refractivity contribution < 1.29 is 14.1 Å². The number of carbonyl (C=O) groups excluding carboxylic acids is 1. The van der Waals surface area contributed by atoms with Gasteiger partial charge in [-0.15, -0.1) is 0 Å². The van der Waals surface area contributed by atoms with E-state index in [0.717, 1.165) is 11.1 Å². The van der Waals surface area contributed by atoms with Gasteiger partial charge in [0.1, 0.15) is 12.3 Å². The summed E-state index contributed by atoms with van der Waals surface area (Å²) < 4.78 is 11.2. The highest BCUT2D eigenvalue weighted by Crippen LogP contribution is 2.21. The molecule has 29 heavy (non-hydrogen) atoms. The van der Waals surface area contributed by atoms with Crippen LogP contribution in [0, 0.1) is 6.92 Å². The smallest absolute Gasteiger partial charge is 0.264 e. The molecule has 1 atom stereocenters. The van der Waals surface area contributed by atoms with Crippen LogP contribution >= 0.6 is 11.6 Å². The monoisotopic (exact) mass is 413 g/mol. The molecule has 1 unspecified atom stereocenters. The van der Waals surface area contributed by atoms with Crippen LogP contribution in [0.5, 0.6) is 5.75 Å². The first-order valence-electron chi connectivity index (χ1n) is 9.46. The molecule has 0 fully saturated rings. The summed E-state index contributed by atoms with van der Waals surface area (Å²) in [6.07, 6.45) is -0.685. The molecule has 1 amide bonds. The first-order valence-corrected chi connectivity index (χ1v) is 9.83. The molecule has 0 aliphatic carbocycles. The zero-order chi connectivity index (χ0) is 21.0. The van der Waals surface area contributed by atoms with Crippen molar-refractivity contribution in [3.63, 3.8) is 0 Å². The van der Waals surface area contributed by atoms with Gasteiger partial charge in [-0.25, -0.2) is 0 Å². The van der Waals surface area contributed by atoms with Crippen molar-refractivity contribution in [2.24, 2.45) is 0 Å². The van der Waals surface area contributed by atoms with Crippen molar-refractivity contribution in [2.75, 3.05) is 0 Å². The third-order valence-electron chi connectivity index (χ3n) is 4.41. The summed E-state index contributed by atoms with van der Waals surface area (Å²) in [7, 11) is 0. The lowest BCUT2D eigenvalue weighted by Gasteiger charge is -2.28. The van der Waals surface area contributed by atoms with Crippen LogP contribution in [0.15, 0.2) is 53.1 Å². The van der Waals surface area contributed by atoms with E-state index in [4.69, 9.17) is 20.9 Å². The number of hydrogen-bond donors (Lipinski definition) is 0. The van der Waals surface area contributed by atoms with Crippen LogP contribution in [-0.4, -0.2) is 33.1 Å². The quantitative estimate of drug-likeness (QED) is 0.550. The zero-order valence-electron chi connectivity index (χ0n) is 16.9. The number of nitrogens with zero attached hydrogens (tertiary/aromatic N) is 3. The number of ether oxygens (including phenoxy) is 1. The maximum Gasteiger partial charge on any atom is 0.264 e. The number of benzene rings is 2.